The molecule has 3 amide bonds. The average Bonchev–Trinajstić information content (AvgIpc) is 3.64. The fourth-order valence-corrected chi connectivity index (χ4v) is 4.94. The Hall–Kier alpha value is -3.72. The van der Waals surface area contributed by atoms with Crippen LogP contribution in [0.15, 0.2) is 60.0 Å². The highest BCUT2D eigenvalue weighted by atomic mass is 32.1. The molecule has 0 aliphatic heterocycles. The monoisotopic (exact) mass is 537 g/mol. The number of carbonyl (C=O) groups is 2. The molecule has 0 atom stereocenters. The van der Waals surface area contributed by atoms with E-state index in [-0.39, 0.29) is 24.5 Å². The summed E-state index contributed by atoms with van der Waals surface area (Å²) in [7, 11) is 3.22. The highest BCUT2D eigenvalue weighted by Crippen LogP contribution is 2.30. The standard InChI is InChI=1S/C29H35N3O5S/c1-4-37-25-10-6-5-9-24(25)30-29(34)32(22-12-13-22)20-28(33)31(19-23-8-7-17-38-23)16-15-21-11-14-26(35-2)27(18-21)36-3/h5-11,14,17-18,22H,4,12-13,15-16,19-20H2,1-3H3,(H,30,34). The summed E-state index contributed by atoms with van der Waals surface area (Å²) >= 11 is 1.62. The first-order chi connectivity index (χ1) is 18.5. The van der Waals surface area contributed by atoms with Gasteiger partial charge in [0.2, 0.25) is 5.91 Å². The Morgan fingerprint density at radius 3 is 2.47 bits per heavy atom. The SMILES string of the molecule is CCOc1ccccc1NC(=O)N(CC(=O)N(CCc1ccc(OC)c(OC)c1)Cc1cccs1)C1CC1. The number of ether oxygens (including phenoxy) is 3. The van der Waals surface area contributed by atoms with Gasteiger partial charge in [-0.3, -0.25) is 4.79 Å². The summed E-state index contributed by atoms with van der Waals surface area (Å²) in [6.45, 7) is 3.43. The van der Waals surface area contributed by atoms with Crippen LogP contribution in [0.3, 0.4) is 0 Å². The van der Waals surface area contributed by atoms with E-state index in [4.69, 9.17) is 14.2 Å². The molecule has 202 valence electrons. The summed E-state index contributed by atoms with van der Waals surface area (Å²) in [6.07, 6.45) is 2.43. The number of benzene rings is 2. The number of urea groups is 1. The van der Waals surface area contributed by atoms with Crippen LogP contribution in [0, 0.1) is 0 Å². The quantitative estimate of drug-likeness (QED) is 0.314. The molecule has 2 aromatic carbocycles. The fraction of sp³-hybridized carbons (Fsp3) is 0.379. The van der Waals surface area contributed by atoms with E-state index >= 15 is 0 Å². The highest BCUT2D eigenvalue weighted by molar-refractivity contribution is 7.09. The largest absolute Gasteiger partial charge is 0.493 e. The van der Waals surface area contributed by atoms with Crippen LogP contribution in [0.4, 0.5) is 10.5 Å². The van der Waals surface area contributed by atoms with Gasteiger partial charge in [0.1, 0.15) is 12.3 Å². The number of hydrogen-bond donors (Lipinski definition) is 1. The molecule has 1 aromatic heterocycles. The van der Waals surface area contributed by atoms with Gasteiger partial charge in [0.05, 0.1) is 33.1 Å². The number of hydrogen-bond acceptors (Lipinski definition) is 6. The van der Waals surface area contributed by atoms with Crippen LogP contribution < -0.4 is 19.5 Å². The molecule has 0 spiro atoms. The molecule has 0 bridgehead atoms. The Balaban J connectivity index is 1.46. The molecule has 1 heterocycles. The van der Waals surface area contributed by atoms with E-state index in [1.54, 1.807) is 30.5 Å². The fourth-order valence-electron chi connectivity index (χ4n) is 4.22. The lowest BCUT2D eigenvalue weighted by Gasteiger charge is -2.28. The van der Waals surface area contributed by atoms with E-state index < -0.39 is 0 Å². The number of thiophene rings is 1. The van der Waals surface area contributed by atoms with E-state index in [0.29, 0.717) is 49.1 Å². The molecule has 1 aliphatic rings. The molecule has 8 nitrogen and oxygen atoms in total. The molecule has 1 saturated carbocycles. The predicted molar refractivity (Wildman–Crippen MR) is 149 cm³/mol. The van der Waals surface area contributed by atoms with Crippen LogP contribution in [-0.4, -0.2) is 61.7 Å². The van der Waals surface area contributed by atoms with Gasteiger partial charge < -0.3 is 29.3 Å². The van der Waals surface area contributed by atoms with Gasteiger partial charge in [-0.15, -0.1) is 11.3 Å². The van der Waals surface area contributed by atoms with Gasteiger partial charge in [0.15, 0.2) is 11.5 Å². The maximum atomic E-state index is 13.6. The van der Waals surface area contributed by atoms with Crippen LogP contribution in [-0.2, 0) is 17.8 Å². The maximum Gasteiger partial charge on any atom is 0.322 e. The first-order valence-corrected chi connectivity index (χ1v) is 13.7. The zero-order valence-electron chi connectivity index (χ0n) is 22.1. The molecule has 1 aliphatic carbocycles. The number of nitrogens with one attached hydrogen (secondary N) is 1. The van der Waals surface area contributed by atoms with Crippen LogP contribution in [0.5, 0.6) is 17.2 Å². The van der Waals surface area contributed by atoms with Crippen LogP contribution >= 0.6 is 11.3 Å². The molecule has 9 heteroatoms. The van der Waals surface area contributed by atoms with Gasteiger partial charge in [-0.05, 0) is 67.5 Å². The number of amides is 3. The third-order valence-corrected chi connectivity index (χ3v) is 7.24. The van der Waals surface area contributed by atoms with Crippen LogP contribution in [0.1, 0.15) is 30.2 Å². The molecule has 0 saturated heterocycles. The summed E-state index contributed by atoms with van der Waals surface area (Å²) in [4.78, 5) is 31.5. The van der Waals surface area contributed by atoms with Crippen molar-refractivity contribution in [1.29, 1.82) is 0 Å². The first-order valence-electron chi connectivity index (χ1n) is 12.8. The van der Waals surface area contributed by atoms with Crippen molar-refractivity contribution < 1.29 is 23.8 Å². The maximum absolute atomic E-state index is 13.6. The third kappa shape index (κ3) is 7.19. The van der Waals surface area contributed by atoms with Crippen molar-refractivity contribution in [1.82, 2.24) is 9.80 Å². The second-order valence-electron chi connectivity index (χ2n) is 9.05. The first kappa shape index (κ1) is 27.3. The molecule has 1 fully saturated rings. The van der Waals surface area contributed by atoms with Crippen molar-refractivity contribution >= 4 is 29.0 Å². The summed E-state index contributed by atoms with van der Waals surface area (Å²) in [5.74, 6) is 1.85. The van der Waals surface area contributed by atoms with Crippen molar-refractivity contribution in [2.45, 2.75) is 38.8 Å². The lowest BCUT2D eigenvalue weighted by atomic mass is 10.1. The minimum atomic E-state index is -0.288. The van der Waals surface area contributed by atoms with Gasteiger partial charge >= 0.3 is 6.03 Å². The van der Waals surface area contributed by atoms with Crippen molar-refractivity contribution in [3.8, 4) is 17.2 Å². The molecule has 0 unspecified atom stereocenters. The minimum absolute atomic E-state index is 0.0185. The molecule has 3 aromatic rings. The Kier molecular flexibility index (Phi) is 9.48. The van der Waals surface area contributed by atoms with Crippen molar-refractivity contribution in [2.24, 2.45) is 0 Å². The Morgan fingerprint density at radius 1 is 1.00 bits per heavy atom. The second kappa shape index (κ2) is 13.2. The topological polar surface area (TPSA) is 80.3 Å². The zero-order chi connectivity index (χ0) is 26.9. The molecular formula is C29H35N3O5S. The molecule has 4 rings (SSSR count). The van der Waals surface area contributed by atoms with Crippen molar-refractivity contribution in [3.63, 3.8) is 0 Å². The number of methoxy groups -OCH3 is 2. The summed E-state index contributed by atoms with van der Waals surface area (Å²) in [6, 6.07) is 16.9. The Bertz CT molecular complexity index is 1210. The number of nitrogens with zero attached hydrogens (tertiary/aromatic N) is 2. The Morgan fingerprint density at radius 2 is 1.79 bits per heavy atom. The smallest absolute Gasteiger partial charge is 0.322 e. The van der Waals surface area contributed by atoms with Gasteiger partial charge in [-0.1, -0.05) is 24.3 Å². The van der Waals surface area contributed by atoms with Gasteiger partial charge in [-0.2, -0.15) is 0 Å². The van der Waals surface area contributed by atoms with Crippen LogP contribution in [0.25, 0.3) is 0 Å². The normalized spacial score (nSPS) is 12.5. The van der Waals surface area contributed by atoms with Crippen molar-refractivity contribution in [3.05, 3.63) is 70.4 Å². The minimum Gasteiger partial charge on any atom is -0.493 e. The molecular weight excluding hydrogens is 502 g/mol. The van der Waals surface area contributed by atoms with Gasteiger partial charge in [0.25, 0.3) is 0 Å². The molecule has 38 heavy (non-hydrogen) atoms. The zero-order valence-corrected chi connectivity index (χ0v) is 23.0. The third-order valence-electron chi connectivity index (χ3n) is 6.38. The highest BCUT2D eigenvalue weighted by Gasteiger charge is 2.35. The van der Waals surface area contributed by atoms with Crippen LogP contribution in [0.2, 0.25) is 0 Å². The number of rotatable bonds is 13. The van der Waals surface area contributed by atoms with E-state index in [1.807, 2.05) is 71.8 Å². The lowest BCUT2D eigenvalue weighted by Crippen LogP contribution is -2.45. The van der Waals surface area contributed by atoms with Gasteiger partial charge in [0, 0.05) is 17.5 Å². The molecule has 1 N–H and O–H groups in total. The summed E-state index contributed by atoms with van der Waals surface area (Å²) in [5.41, 5.74) is 1.64. The van der Waals surface area contributed by atoms with Gasteiger partial charge in [-0.25, -0.2) is 4.79 Å². The van der Waals surface area contributed by atoms with Crippen molar-refractivity contribution in [2.75, 3.05) is 39.2 Å². The second-order valence-corrected chi connectivity index (χ2v) is 10.1. The average molecular weight is 538 g/mol. The molecule has 0 radical (unpaired) electrons. The number of para-hydroxylation sites is 2. The summed E-state index contributed by atoms with van der Waals surface area (Å²) in [5, 5.41) is 4.96. The van der Waals surface area contributed by atoms with E-state index in [2.05, 4.69) is 5.32 Å². The van der Waals surface area contributed by atoms with E-state index in [9.17, 15) is 9.59 Å². The predicted octanol–water partition coefficient (Wildman–Crippen LogP) is 5.43. The number of anilines is 1. The lowest BCUT2D eigenvalue weighted by molar-refractivity contribution is -0.132. The number of carbonyl (C=O) groups excluding carboxylic acids is 2. The van der Waals surface area contributed by atoms with E-state index in [1.165, 1.54) is 0 Å². The van der Waals surface area contributed by atoms with E-state index in [0.717, 1.165) is 23.3 Å². The summed E-state index contributed by atoms with van der Waals surface area (Å²) < 4.78 is 16.4. The Labute approximate surface area is 228 Å².